The molecule has 0 aliphatic carbocycles. The summed E-state index contributed by atoms with van der Waals surface area (Å²) < 4.78 is 3.84. The van der Waals surface area contributed by atoms with Gasteiger partial charge in [0, 0.05) is 23.7 Å². The van der Waals surface area contributed by atoms with E-state index < -0.39 is 11.9 Å². The molecule has 0 unspecified atom stereocenters. The summed E-state index contributed by atoms with van der Waals surface area (Å²) in [5, 5.41) is 20.4. The molecule has 1 amide bonds. The molecule has 0 bridgehead atoms. The maximum absolute atomic E-state index is 12.9. The molecule has 10 heteroatoms. The molecule has 5 aromatic heterocycles. The number of anilines is 1. The molecule has 5 rings (SSSR count). The van der Waals surface area contributed by atoms with Gasteiger partial charge in [-0.2, -0.15) is 5.10 Å². The summed E-state index contributed by atoms with van der Waals surface area (Å²) in [6.45, 7) is 5.93. The summed E-state index contributed by atoms with van der Waals surface area (Å²) in [4.78, 5) is 29.8. The first kappa shape index (κ1) is 21.1. The Morgan fingerprint density at radius 2 is 1.76 bits per heavy atom. The third-order valence-electron chi connectivity index (χ3n) is 5.47. The van der Waals surface area contributed by atoms with Crippen molar-refractivity contribution in [2.75, 3.05) is 5.32 Å². The van der Waals surface area contributed by atoms with Gasteiger partial charge in [-0.15, -0.1) is 22.7 Å². The molecule has 0 radical (unpaired) electrons. The van der Waals surface area contributed by atoms with E-state index in [-0.39, 0.29) is 10.6 Å². The number of aromatic nitrogens is 4. The Bertz CT molecular complexity index is 1520. The van der Waals surface area contributed by atoms with Crippen LogP contribution in [-0.4, -0.2) is 36.1 Å². The van der Waals surface area contributed by atoms with Crippen molar-refractivity contribution in [2.45, 2.75) is 20.8 Å². The molecule has 33 heavy (non-hydrogen) atoms. The van der Waals surface area contributed by atoms with Crippen LogP contribution >= 0.6 is 22.7 Å². The minimum Gasteiger partial charge on any atom is -0.477 e. The highest BCUT2D eigenvalue weighted by Gasteiger charge is 2.20. The lowest BCUT2D eigenvalue weighted by molar-refractivity contribution is 0.0703. The van der Waals surface area contributed by atoms with E-state index in [1.54, 1.807) is 34.2 Å². The first-order valence-corrected chi connectivity index (χ1v) is 11.8. The Morgan fingerprint density at radius 1 is 1.03 bits per heavy atom. The number of fused-ring (bicyclic) bond motifs is 1. The second-order valence-electron chi connectivity index (χ2n) is 7.57. The molecule has 2 N–H and O–H groups in total. The molecule has 5 aromatic rings. The van der Waals surface area contributed by atoms with Crippen molar-refractivity contribution in [3.8, 4) is 16.3 Å². The van der Waals surface area contributed by atoms with Crippen LogP contribution in [0.15, 0.2) is 47.3 Å². The number of carbonyl (C=O) groups is 2. The molecule has 8 nitrogen and oxygen atoms in total. The molecule has 0 saturated heterocycles. The number of carboxylic acids is 1. The number of hydrogen-bond donors (Lipinski definition) is 2. The number of amides is 1. The predicted molar refractivity (Wildman–Crippen MR) is 129 cm³/mol. The lowest BCUT2D eigenvalue weighted by atomic mass is 10.2. The standard InChI is InChI=1S/C23H19N5O3S2/c1-12-4-5-13(2)27(12)18-7-9-32-20(18)17-10-19-24-11-15(14(3)28(19)26-17)22(29)25-16-6-8-33-21(16)23(30)31/h4-11H,1-3H3,(H,25,29)(H,30,31). The van der Waals surface area contributed by atoms with Crippen molar-refractivity contribution < 1.29 is 14.7 Å². The zero-order valence-electron chi connectivity index (χ0n) is 18.0. The van der Waals surface area contributed by atoms with Crippen LogP contribution in [0.4, 0.5) is 5.69 Å². The van der Waals surface area contributed by atoms with E-state index in [0.717, 1.165) is 39.0 Å². The fourth-order valence-corrected chi connectivity index (χ4v) is 5.38. The Labute approximate surface area is 196 Å². The Morgan fingerprint density at radius 3 is 2.48 bits per heavy atom. The maximum atomic E-state index is 12.9. The van der Waals surface area contributed by atoms with E-state index in [1.165, 1.54) is 6.20 Å². The minimum absolute atomic E-state index is 0.0808. The number of rotatable bonds is 5. The van der Waals surface area contributed by atoms with Gasteiger partial charge in [-0.25, -0.2) is 14.3 Å². The predicted octanol–water partition coefficient (Wildman–Crippen LogP) is 5.19. The van der Waals surface area contributed by atoms with Gasteiger partial charge in [-0.3, -0.25) is 4.79 Å². The van der Waals surface area contributed by atoms with Crippen LogP contribution in [-0.2, 0) is 0 Å². The molecule has 0 aliphatic heterocycles. The van der Waals surface area contributed by atoms with Crippen LogP contribution in [0.25, 0.3) is 21.9 Å². The summed E-state index contributed by atoms with van der Waals surface area (Å²) in [5.74, 6) is -1.52. The molecule has 5 heterocycles. The van der Waals surface area contributed by atoms with Gasteiger partial charge in [-0.1, -0.05) is 0 Å². The Balaban J connectivity index is 1.53. The van der Waals surface area contributed by atoms with Crippen molar-refractivity contribution in [3.05, 3.63) is 74.8 Å². The molecule has 0 atom stereocenters. The van der Waals surface area contributed by atoms with E-state index in [2.05, 4.69) is 46.9 Å². The van der Waals surface area contributed by atoms with Crippen molar-refractivity contribution in [1.29, 1.82) is 0 Å². The average molecular weight is 478 g/mol. The largest absolute Gasteiger partial charge is 0.477 e. The van der Waals surface area contributed by atoms with E-state index >= 15 is 0 Å². The number of nitrogens with one attached hydrogen (secondary N) is 1. The molecular weight excluding hydrogens is 458 g/mol. The lowest BCUT2D eigenvalue weighted by Gasteiger charge is -2.09. The highest BCUT2D eigenvalue weighted by molar-refractivity contribution is 7.14. The van der Waals surface area contributed by atoms with Crippen molar-refractivity contribution in [2.24, 2.45) is 0 Å². The number of aryl methyl sites for hydroxylation is 3. The van der Waals surface area contributed by atoms with Crippen molar-refractivity contribution in [1.82, 2.24) is 19.2 Å². The Kier molecular flexibility index (Phi) is 5.10. The number of thiophene rings is 2. The van der Waals surface area contributed by atoms with E-state index in [9.17, 15) is 14.7 Å². The van der Waals surface area contributed by atoms with E-state index in [4.69, 9.17) is 5.10 Å². The SMILES string of the molecule is Cc1ccc(C)n1-c1ccsc1-c1cc2ncc(C(=O)Nc3ccsc3C(=O)O)c(C)n2n1. The highest BCUT2D eigenvalue weighted by atomic mass is 32.1. The number of nitrogens with zero attached hydrogens (tertiary/aromatic N) is 4. The van der Waals surface area contributed by atoms with Crippen LogP contribution in [0.5, 0.6) is 0 Å². The first-order valence-electron chi connectivity index (χ1n) is 10.1. The highest BCUT2D eigenvalue weighted by Crippen LogP contribution is 2.34. The zero-order chi connectivity index (χ0) is 23.3. The number of aromatic carboxylic acids is 1. The van der Waals surface area contributed by atoms with Crippen LogP contribution in [0.2, 0.25) is 0 Å². The monoisotopic (exact) mass is 477 g/mol. The molecule has 0 saturated carbocycles. The van der Waals surface area contributed by atoms with Gasteiger partial charge in [0.1, 0.15) is 10.6 Å². The van der Waals surface area contributed by atoms with Gasteiger partial charge in [0.25, 0.3) is 5.91 Å². The summed E-state index contributed by atoms with van der Waals surface area (Å²) in [6, 6.07) is 9.72. The molecule has 166 valence electrons. The van der Waals surface area contributed by atoms with E-state index in [0.29, 0.717) is 16.9 Å². The summed E-state index contributed by atoms with van der Waals surface area (Å²) in [5.41, 5.74) is 5.92. The smallest absolute Gasteiger partial charge is 0.348 e. The van der Waals surface area contributed by atoms with Crippen LogP contribution < -0.4 is 5.32 Å². The molecule has 0 aromatic carbocycles. The molecular formula is C23H19N5O3S2. The van der Waals surface area contributed by atoms with E-state index in [1.807, 2.05) is 11.4 Å². The summed E-state index contributed by atoms with van der Waals surface area (Å²) in [7, 11) is 0. The topological polar surface area (TPSA) is 102 Å². The number of carbonyl (C=O) groups excluding carboxylic acids is 1. The zero-order valence-corrected chi connectivity index (χ0v) is 19.6. The van der Waals surface area contributed by atoms with Gasteiger partial charge in [0.05, 0.1) is 27.5 Å². The minimum atomic E-state index is -1.08. The van der Waals surface area contributed by atoms with Crippen LogP contribution in [0.1, 0.15) is 37.1 Å². The van der Waals surface area contributed by atoms with Gasteiger partial charge >= 0.3 is 5.97 Å². The van der Waals surface area contributed by atoms with Crippen molar-refractivity contribution in [3.63, 3.8) is 0 Å². The number of hydrogen-bond acceptors (Lipinski definition) is 6. The molecule has 0 aliphatic rings. The van der Waals surface area contributed by atoms with Gasteiger partial charge in [0.2, 0.25) is 0 Å². The fraction of sp³-hybridized carbons (Fsp3) is 0.130. The fourth-order valence-electron chi connectivity index (χ4n) is 3.86. The average Bonchev–Trinajstić information content (AvgIpc) is 3.54. The quantitative estimate of drug-likeness (QED) is 0.363. The Hall–Kier alpha value is -3.76. The van der Waals surface area contributed by atoms with Crippen LogP contribution in [0.3, 0.4) is 0 Å². The summed E-state index contributed by atoms with van der Waals surface area (Å²) >= 11 is 2.66. The van der Waals surface area contributed by atoms with Gasteiger partial charge in [0.15, 0.2) is 5.65 Å². The lowest BCUT2D eigenvalue weighted by Crippen LogP contribution is -2.17. The van der Waals surface area contributed by atoms with Gasteiger partial charge in [-0.05, 0) is 55.8 Å². The summed E-state index contributed by atoms with van der Waals surface area (Å²) in [6.07, 6.45) is 1.49. The third kappa shape index (κ3) is 3.53. The normalized spacial score (nSPS) is 11.2. The second-order valence-corrected chi connectivity index (χ2v) is 9.40. The second kappa shape index (κ2) is 7.98. The first-order chi connectivity index (χ1) is 15.8. The third-order valence-corrected chi connectivity index (χ3v) is 7.29. The van der Waals surface area contributed by atoms with Crippen molar-refractivity contribution >= 4 is 45.9 Å². The molecule has 0 spiro atoms. The maximum Gasteiger partial charge on any atom is 0.348 e. The van der Waals surface area contributed by atoms with Gasteiger partial charge < -0.3 is 15.0 Å². The number of carboxylic acid groups (broad SMARTS) is 1. The van der Waals surface area contributed by atoms with Crippen LogP contribution in [0, 0.1) is 20.8 Å². The molecule has 0 fully saturated rings.